The molecule has 13 heavy (non-hydrogen) atoms. The van der Waals surface area contributed by atoms with Gasteiger partial charge in [-0.3, -0.25) is 4.90 Å². The van der Waals surface area contributed by atoms with Crippen molar-refractivity contribution in [1.29, 1.82) is 0 Å². The van der Waals surface area contributed by atoms with Crippen LogP contribution in [0.1, 0.15) is 39.0 Å². The van der Waals surface area contributed by atoms with Crippen LogP contribution in [-0.4, -0.2) is 29.0 Å². The Morgan fingerprint density at radius 1 is 1.15 bits per heavy atom. The zero-order valence-electron chi connectivity index (χ0n) is 8.46. The Kier molecular flexibility index (Phi) is 4.67. The number of likely N-dealkylation sites (tertiary alicyclic amines) is 1. The van der Waals surface area contributed by atoms with E-state index in [4.69, 9.17) is 18.0 Å². The summed E-state index contributed by atoms with van der Waals surface area (Å²) in [6.07, 6.45) is 6.72. The first-order valence-electron chi connectivity index (χ1n) is 5.25. The highest BCUT2D eigenvalue weighted by atomic mass is 32.1. The van der Waals surface area contributed by atoms with Gasteiger partial charge in [0.15, 0.2) is 0 Å². The van der Waals surface area contributed by atoms with Crippen molar-refractivity contribution in [2.24, 2.45) is 5.73 Å². The molecule has 0 spiro atoms. The molecule has 0 aromatic rings. The predicted molar refractivity (Wildman–Crippen MR) is 60.9 cm³/mol. The molecule has 0 amide bonds. The van der Waals surface area contributed by atoms with Crippen molar-refractivity contribution < 1.29 is 0 Å². The fraction of sp³-hybridized carbons (Fsp3) is 0.900. The van der Waals surface area contributed by atoms with E-state index in [2.05, 4.69) is 11.8 Å². The molecule has 1 atom stereocenters. The normalized spacial score (nSPS) is 23.2. The van der Waals surface area contributed by atoms with Gasteiger partial charge in [-0.25, -0.2) is 0 Å². The smallest absolute Gasteiger partial charge is 0.0899 e. The number of hydrogen-bond donors (Lipinski definition) is 1. The molecule has 76 valence electrons. The summed E-state index contributed by atoms with van der Waals surface area (Å²) in [5.74, 6) is 0. The highest BCUT2D eigenvalue weighted by molar-refractivity contribution is 7.80. The standard InChI is InChI=1S/C10H20N2S/c1-9(10(11)13)12-7-5-3-2-4-6-8-12/h9H,2-8H2,1H3,(H2,11,13). The maximum absolute atomic E-state index is 5.65. The van der Waals surface area contributed by atoms with Crippen LogP contribution in [0.25, 0.3) is 0 Å². The van der Waals surface area contributed by atoms with Crippen molar-refractivity contribution in [3.05, 3.63) is 0 Å². The summed E-state index contributed by atoms with van der Waals surface area (Å²) in [6, 6.07) is 0.285. The molecule has 0 bridgehead atoms. The lowest BCUT2D eigenvalue weighted by atomic mass is 10.1. The van der Waals surface area contributed by atoms with E-state index in [1.165, 1.54) is 45.2 Å². The average molecular weight is 200 g/mol. The third kappa shape index (κ3) is 3.61. The van der Waals surface area contributed by atoms with Gasteiger partial charge < -0.3 is 5.73 Å². The van der Waals surface area contributed by atoms with Crippen molar-refractivity contribution in [3.63, 3.8) is 0 Å². The van der Waals surface area contributed by atoms with Crippen LogP contribution in [0, 0.1) is 0 Å². The maximum atomic E-state index is 5.65. The Hall–Kier alpha value is -0.150. The third-order valence-corrected chi connectivity index (χ3v) is 3.19. The molecule has 2 N–H and O–H groups in total. The largest absolute Gasteiger partial charge is 0.392 e. The summed E-state index contributed by atoms with van der Waals surface area (Å²) in [6.45, 7) is 4.45. The van der Waals surface area contributed by atoms with Crippen LogP contribution < -0.4 is 5.73 Å². The number of hydrogen-bond acceptors (Lipinski definition) is 2. The van der Waals surface area contributed by atoms with Crippen LogP contribution in [0.15, 0.2) is 0 Å². The van der Waals surface area contributed by atoms with Gasteiger partial charge in [0.2, 0.25) is 0 Å². The van der Waals surface area contributed by atoms with Crippen molar-refractivity contribution >= 4 is 17.2 Å². The predicted octanol–water partition coefficient (Wildman–Crippen LogP) is 1.93. The van der Waals surface area contributed by atoms with Gasteiger partial charge in [0.1, 0.15) is 0 Å². The summed E-state index contributed by atoms with van der Waals surface area (Å²) in [5.41, 5.74) is 5.65. The Balaban J connectivity index is 2.40. The van der Waals surface area contributed by atoms with Gasteiger partial charge in [-0.05, 0) is 32.9 Å². The molecular formula is C10H20N2S. The molecule has 0 aromatic carbocycles. The molecule has 0 radical (unpaired) electrons. The van der Waals surface area contributed by atoms with Crippen LogP contribution in [0.2, 0.25) is 0 Å². The first kappa shape index (κ1) is 10.9. The zero-order chi connectivity index (χ0) is 9.68. The first-order valence-corrected chi connectivity index (χ1v) is 5.66. The Labute approximate surface area is 86.5 Å². The fourth-order valence-corrected chi connectivity index (χ4v) is 1.99. The Bertz CT molecular complexity index is 162. The minimum Gasteiger partial charge on any atom is -0.392 e. The lowest BCUT2D eigenvalue weighted by Crippen LogP contribution is -2.43. The van der Waals surface area contributed by atoms with Gasteiger partial charge in [-0.15, -0.1) is 0 Å². The highest BCUT2D eigenvalue weighted by Gasteiger charge is 2.16. The van der Waals surface area contributed by atoms with Gasteiger partial charge in [-0.2, -0.15) is 0 Å². The van der Waals surface area contributed by atoms with Crippen LogP contribution in [0.5, 0.6) is 0 Å². The molecule has 1 unspecified atom stereocenters. The average Bonchev–Trinajstić information content (AvgIpc) is 2.02. The summed E-state index contributed by atoms with van der Waals surface area (Å²) >= 11 is 5.01. The van der Waals surface area contributed by atoms with Crippen molar-refractivity contribution in [2.75, 3.05) is 13.1 Å². The zero-order valence-corrected chi connectivity index (χ0v) is 9.28. The Morgan fingerprint density at radius 3 is 2.08 bits per heavy atom. The molecule has 3 heteroatoms. The second kappa shape index (κ2) is 5.55. The number of nitrogens with zero attached hydrogens (tertiary/aromatic N) is 1. The van der Waals surface area contributed by atoms with Gasteiger partial charge in [0.05, 0.1) is 11.0 Å². The van der Waals surface area contributed by atoms with Gasteiger partial charge >= 0.3 is 0 Å². The molecule has 1 heterocycles. The molecule has 1 aliphatic heterocycles. The van der Waals surface area contributed by atoms with E-state index in [9.17, 15) is 0 Å². The molecule has 1 aliphatic rings. The summed E-state index contributed by atoms with van der Waals surface area (Å²) in [4.78, 5) is 3.06. The molecule has 0 aliphatic carbocycles. The molecule has 0 saturated carbocycles. The summed E-state index contributed by atoms with van der Waals surface area (Å²) < 4.78 is 0. The molecule has 1 fully saturated rings. The Morgan fingerprint density at radius 2 is 1.62 bits per heavy atom. The minimum absolute atomic E-state index is 0.285. The summed E-state index contributed by atoms with van der Waals surface area (Å²) in [7, 11) is 0. The third-order valence-electron chi connectivity index (χ3n) is 2.85. The van der Waals surface area contributed by atoms with E-state index in [0.717, 1.165) is 0 Å². The second-order valence-corrected chi connectivity index (χ2v) is 4.35. The number of rotatable bonds is 2. The quantitative estimate of drug-likeness (QED) is 0.691. The van der Waals surface area contributed by atoms with Crippen molar-refractivity contribution in [3.8, 4) is 0 Å². The van der Waals surface area contributed by atoms with E-state index in [-0.39, 0.29) is 6.04 Å². The lowest BCUT2D eigenvalue weighted by molar-refractivity contribution is 0.230. The van der Waals surface area contributed by atoms with Crippen LogP contribution in [0.3, 0.4) is 0 Å². The molecule has 1 rings (SSSR count). The van der Waals surface area contributed by atoms with Gasteiger partial charge in [0, 0.05) is 0 Å². The molecular weight excluding hydrogens is 180 g/mol. The van der Waals surface area contributed by atoms with Crippen LogP contribution >= 0.6 is 12.2 Å². The van der Waals surface area contributed by atoms with E-state index < -0.39 is 0 Å². The topological polar surface area (TPSA) is 29.3 Å². The van der Waals surface area contributed by atoms with Crippen LogP contribution in [0.4, 0.5) is 0 Å². The molecule has 1 saturated heterocycles. The van der Waals surface area contributed by atoms with Gasteiger partial charge in [-0.1, -0.05) is 31.5 Å². The summed E-state index contributed by atoms with van der Waals surface area (Å²) in [5, 5.41) is 0. The van der Waals surface area contributed by atoms with E-state index in [1.807, 2.05) is 0 Å². The number of nitrogens with two attached hydrogens (primary N) is 1. The second-order valence-electron chi connectivity index (χ2n) is 3.88. The van der Waals surface area contributed by atoms with E-state index >= 15 is 0 Å². The SMILES string of the molecule is CC(C(N)=S)N1CCCCCCC1. The van der Waals surface area contributed by atoms with Gasteiger partial charge in [0.25, 0.3) is 0 Å². The number of thiocarbonyl (C=S) groups is 1. The van der Waals surface area contributed by atoms with E-state index in [1.54, 1.807) is 0 Å². The fourth-order valence-electron chi connectivity index (χ4n) is 1.84. The highest BCUT2D eigenvalue weighted by Crippen LogP contribution is 2.12. The van der Waals surface area contributed by atoms with Crippen molar-refractivity contribution in [2.45, 2.75) is 45.1 Å². The first-order chi connectivity index (χ1) is 6.22. The lowest BCUT2D eigenvalue weighted by Gasteiger charge is -2.29. The van der Waals surface area contributed by atoms with Crippen molar-refractivity contribution in [1.82, 2.24) is 4.90 Å². The maximum Gasteiger partial charge on any atom is 0.0899 e. The van der Waals surface area contributed by atoms with Crippen LogP contribution in [-0.2, 0) is 0 Å². The van der Waals surface area contributed by atoms with E-state index in [0.29, 0.717) is 4.99 Å². The monoisotopic (exact) mass is 200 g/mol. The molecule has 0 aromatic heterocycles. The molecule has 2 nitrogen and oxygen atoms in total. The minimum atomic E-state index is 0.285.